The Balaban J connectivity index is 6.71. The predicted octanol–water partition coefficient (Wildman–Crippen LogP) is -6.38. The Hall–Kier alpha value is -6.81. The minimum atomic E-state index is -1.38. The Labute approximate surface area is 376 Å². The zero-order chi connectivity index (χ0) is 48.6. The number of nitrogens with two attached hydrogens (primary N) is 5. The zero-order valence-electron chi connectivity index (χ0n) is 36.0. The maximum atomic E-state index is 14.1. The molecule has 5 atom stereocenters. The van der Waals surface area contributed by atoms with Crippen LogP contribution in [0.3, 0.4) is 0 Å². The molecular formula is C34H67BClN21O7. The molecule has 0 saturated heterocycles. The van der Waals surface area contributed by atoms with Crippen molar-refractivity contribution in [3.8, 4) is 0 Å². The number of Topliss-reactive ketones (excluding diaryl/α,β-unsaturated/α-hetero) is 1. The molecule has 30 heteroatoms. The lowest BCUT2D eigenvalue weighted by molar-refractivity contribution is -0.135. The first-order valence-corrected chi connectivity index (χ1v) is 20.9. The highest BCUT2D eigenvalue weighted by Crippen LogP contribution is 2.08. The first kappa shape index (κ1) is 57.2. The number of hydrogen-bond acceptors (Lipinski definition) is 12. The highest BCUT2D eigenvalue weighted by molar-refractivity contribution is 7.11. The molecule has 0 rings (SSSR count). The second kappa shape index (κ2) is 32.8. The Kier molecular flexibility index (Phi) is 29.4. The average Bonchev–Trinajstić information content (AvgIpc) is 3.21. The van der Waals surface area contributed by atoms with Crippen LogP contribution < -0.4 is 87.2 Å². The van der Waals surface area contributed by atoms with E-state index in [4.69, 9.17) is 67.2 Å². The van der Waals surface area contributed by atoms with Crippen LogP contribution in [-0.4, -0.2) is 147 Å². The van der Waals surface area contributed by atoms with E-state index in [0.717, 1.165) is 0 Å². The smallest absolute Gasteiger partial charge is 0.338 e. The summed E-state index contributed by atoms with van der Waals surface area (Å²) in [5, 5.41) is 65.5. The summed E-state index contributed by atoms with van der Waals surface area (Å²) >= 11 is 5.68. The van der Waals surface area contributed by atoms with Crippen LogP contribution in [0.25, 0.3) is 0 Å². The van der Waals surface area contributed by atoms with E-state index < -0.39 is 72.2 Å². The molecule has 360 valence electrons. The third-order valence-corrected chi connectivity index (χ3v) is 8.98. The molecule has 0 aromatic rings. The van der Waals surface area contributed by atoms with Crippen LogP contribution in [0.2, 0.25) is 0 Å². The molecule has 0 aromatic carbocycles. The Morgan fingerprint density at radius 3 is 0.875 bits per heavy atom. The fraction of sp³-hybridized carbons (Fsp3) is 0.647. The van der Waals surface area contributed by atoms with Crippen molar-refractivity contribution in [3.63, 3.8) is 0 Å². The summed E-state index contributed by atoms with van der Waals surface area (Å²) in [6.07, 6.45) is 0.910. The molecule has 0 bridgehead atoms. The average molecular weight is 928 g/mol. The third kappa shape index (κ3) is 28.7. The molecule has 0 aliphatic heterocycles. The molecule has 0 spiro atoms. The van der Waals surface area contributed by atoms with E-state index in [1.54, 1.807) is 0 Å². The van der Waals surface area contributed by atoms with Gasteiger partial charge in [0.1, 0.15) is 36.0 Å². The number of rotatable bonds is 33. The van der Waals surface area contributed by atoms with Gasteiger partial charge in [0.15, 0.2) is 35.6 Å². The fourth-order valence-corrected chi connectivity index (χ4v) is 5.72. The van der Waals surface area contributed by atoms with E-state index in [1.807, 2.05) is 0 Å². The Morgan fingerprint density at radius 2 is 0.656 bits per heavy atom. The molecule has 6 amide bonds. The molecule has 64 heavy (non-hydrogen) atoms. The first-order chi connectivity index (χ1) is 30.2. The molecule has 0 heterocycles. The fourth-order valence-electron chi connectivity index (χ4n) is 5.65. The molecule has 0 aromatic heterocycles. The number of guanidine groups is 5. The molecule has 0 unspecified atom stereocenters. The van der Waals surface area contributed by atoms with Crippen molar-refractivity contribution in [1.82, 2.24) is 58.5 Å². The van der Waals surface area contributed by atoms with Gasteiger partial charge >= 0.3 is 6.69 Å². The summed E-state index contributed by atoms with van der Waals surface area (Å²) < 4.78 is 0. The maximum Gasteiger partial charge on any atom is 0.338 e. The molecule has 0 aliphatic rings. The van der Waals surface area contributed by atoms with Gasteiger partial charge in [-0.2, -0.15) is 11.5 Å². The number of carbonyl (C=O) groups is 7. The number of amides is 6. The summed E-state index contributed by atoms with van der Waals surface area (Å²) in [5.74, 6) is -6.65. The second-order valence-corrected chi connectivity index (χ2v) is 14.6. The van der Waals surface area contributed by atoms with E-state index >= 15 is 0 Å². The standard InChI is InChI=1S/C34H67BClN21O7/c1-18(58)17-52-24(59)19(7-2-12-47-30(37)38)53-25(60)20(8-3-13-48-31(39)40)54-26(61)21(9-4-14-49-32(41)42)55-27(62)22(10-5-15-50-33(43)44)56-28(63)23(57-29(64)35-36)11-6-16-51-34(45)46/h19-23,35H,2-17H2,1H3,(H,52,59)(H,53,60)(H,54,61)(H,55,62)(H,56,63)(H,57,64)(H4,37,38,47)(H4,39,40,48)(H4,41,42,49)(H4,43,44,50)(H4,45,46,51)/t19-,20-,21-,22-,23-/m0/s1. The lowest BCUT2D eigenvalue weighted by atomic mass is 10.0. The normalized spacial score (nSPS) is 12.7. The Bertz CT molecular complexity index is 1630. The van der Waals surface area contributed by atoms with Gasteiger partial charge in [-0.3, -0.25) is 60.6 Å². The summed E-state index contributed by atoms with van der Waals surface area (Å²) in [7, 11) is 0. The molecular weight excluding hydrogens is 861 g/mol. The number of ketones is 1. The van der Waals surface area contributed by atoms with E-state index in [1.165, 1.54) is 6.92 Å². The quantitative estimate of drug-likeness (QED) is 0.0126. The van der Waals surface area contributed by atoms with Gasteiger partial charge in [-0.25, -0.2) is 0 Å². The summed E-state index contributed by atoms with van der Waals surface area (Å²) in [6.45, 7) is 1.17. The molecule has 28 nitrogen and oxygen atoms in total. The summed E-state index contributed by atoms with van der Waals surface area (Å²) in [6, 6.07) is -6.43. The molecule has 0 radical (unpaired) electrons. The van der Waals surface area contributed by atoms with Crippen LogP contribution >= 0.6 is 11.5 Å². The molecule has 0 fully saturated rings. The molecule has 0 aliphatic carbocycles. The van der Waals surface area contributed by atoms with Gasteiger partial charge in [-0.1, -0.05) is 0 Å². The lowest BCUT2D eigenvalue weighted by Gasteiger charge is -2.27. The van der Waals surface area contributed by atoms with E-state index in [2.05, 4.69) is 58.5 Å². The van der Waals surface area contributed by atoms with Gasteiger partial charge in [-0.15, -0.1) is 0 Å². The maximum absolute atomic E-state index is 14.1. The van der Waals surface area contributed by atoms with Crippen LogP contribution in [0.4, 0.5) is 4.79 Å². The van der Waals surface area contributed by atoms with Crippen molar-refractivity contribution in [2.45, 2.75) is 101 Å². The largest absolute Gasteiger partial charge is 0.370 e. The van der Waals surface area contributed by atoms with E-state index in [0.29, 0.717) is 0 Å². The minimum absolute atomic E-state index is 0.0326. The first-order valence-electron chi connectivity index (χ1n) is 20.4. The van der Waals surface area contributed by atoms with Crippen LogP contribution in [-0.2, 0) is 28.8 Å². The predicted molar refractivity (Wildman–Crippen MR) is 242 cm³/mol. The van der Waals surface area contributed by atoms with Crippen molar-refractivity contribution < 1.29 is 33.6 Å². The van der Waals surface area contributed by atoms with Crippen molar-refractivity contribution >= 4 is 89.1 Å². The second-order valence-electron chi connectivity index (χ2n) is 14.3. The van der Waals surface area contributed by atoms with Crippen molar-refractivity contribution in [3.05, 3.63) is 0 Å². The van der Waals surface area contributed by atoms with E-state index in [-0.39, 0.29) is 139 Å². The van der Waals surface area contributed by atoms with Crippen LogP contribution in [0.15, 0.2) is 0 Å². The number of halogens is 1. The lowest BCUT2D eigenvalue weighted by Crippen LogP contribution is -2.59. The van der Waals surface area contributed by atoms with Crippen molar-refractivity contribution in [2.75, 3.05) is 39.3 Å². The van der Waals surface area contributed by atoms with Crippen LogP contribution in [0.5, 0.6) is 0 Å². The van der Waals surface area contributed by atoms with Crippen molar-refractivity contribution in [1.29, 1.82) is 27.0 Å². The van der Waals surface area contributed by atoms with Gasteiger partial charge in [0.05, 0.1) is 6.54 Å². The monoisotopic (exact) mass is 928 g/mol. The zero-order valence-corrected chi connectivity index (χ0v) is 36.8. The highest BCUT2D eigenvalue weighted by Gasteiger charge is 2.32. The minimum Gasteiger partial charge on any atom is -0.370 e. The van der Waals surface area contributed by atoms with Gasteiger partial charge in [-0.05, 0) is 71.1 Å². The van der Waals surface area contributed by atoms with Crippen molar-refractivity contribution in [2.24, 2.45) is 28.7 Å². The molecule has 0 saturated carbocycles. The van der Waals surface area contributed by atoms with Crippen LogP contribution in [0.1, 0.15) is 71.1 Å². The summed E-state index contributed by atoms with van der Waals surface area (Å²) in [4.78, 5) is 92.7. The number of carbonyl (C=O) groups excluding carboxylic acids is 7. The number of nitrogens with one attached hydrogen (secondary N) is 16. The molecule has 26 N–H and O–H groups in total. The highest BCUT2D eigenvalue weighted by atomic mass is 35.5. The third-order valence-electron chi connectivity index (χ3n) is 8.74. The van der Waals surface area contributed by atoms with Crippen LogP contribution in [0, 0.1) is 27.0 Å². The SMILES string of the molecule is CC(=O)CNC(=O)[C@H](CCCNC(=N)N)NC(=O)[C@H](CCCNC(=N)N)NC(=O)[C@H](CCCNC(=N)N)NC(=O)[C@H](CCCNC(=N)N)NC(=O)[C@H](CCCNC(=N)N)NC(=O)BCl. The van der Waals surface area contributed by atoms with Gasteiger partial charge in [0, 0.05) is 32.7 Å². The number of hydrogen-bond donors (Lipinski definition) is 21. The topological polar surface area (TPSA) is 501 Å². The summed E-state index contributed by atoms with van der Waals surface area (Å²) in [5.41, 5.74) is 26.9. The van der Waals surface area contributed by atoms with E-state index in [9.17, 15) is 33.6 Å². The van der Waals surface area contributed by atoms with Gasteiger partial charge < -0.3 is 87.2 Å². The van der Waals surface area contributed by atoms with Gasteiger partial charge in [0.25, 0.3) is 0 Å². The van der Waals surface area contributed by atoms with Gasteiger partial charge in [0.2, 0.25) is 29.5 Å². The Morgan fingerprint density at radius 1 is 0.422 bits per heavy atom.